The summed E-state index contributed by atoms with van der Waals surface area (Å²) in [5, 5.41) is 5.48. The van der Waals surface area contributed by atoms with Crippen LogP contribution in [0.5, 0.6) is 5.75 Å². The predicted molar refractivity (Wildman–Crippen MR) is 95.2 cm³/mol. The van der Waals surface area contributed by atoms with Gasteiger partial charge in [-0.2, -0.15) is 0 Å². The molecule has 5 heteroatoms. The molecule has 0 unspecified atom stereocenters. The van der Waals surface area contributed by atoms with Crippen LogP contribution in [-0.2, 0) is 19.4 Å². The van der Waals surface area contributed by atoms with Crippen molar-refractivity contribution in [1.82, 2.24) is 10.6 Å². The van der Waals surface area contributed by atoms with Gasteiger partial charge in [-0.15, -0.1) is 0 Å². The predicted octanol–water partition coefficient (Wildman–Crippen LogP) is 3.58. The number of hydrogen-bond donors (Lipinski definition) is 2. The quantitative estimate of drug-likeness (QED) is 0.789. The van der Waals surface area contributed by atoms with Crippen LogP contribution >= 0.6 is 0 Å². The maximum atomic E-state index is 12.8. The summed E-state index contributed by atoms with van der Waals surface area (Å²) in [6.07, 6.45) is 4.79. The second-order valence-corrected chi connectivity index (χ2v) is 6.22. The van der Waals surface area contributed by atoms with Gasteiger partial charge in [0, 0.05) is 6.54 Å². The Labute approximate surface area is 147 Å². The Morgan fingerprint density at radius 3 is 2.56 bits per heavy atom. The van der Waals surface area contributed by atoms with E-state index in [1.165, 1.54) is 36.1 Å². The minimum Gasteiger partial charge on any atom is -0.492 e. The summed E-state index contributed by atoms with van der Waals surface area (Å²) in [6.45, 7) is 1.20. The van der Waals surface area contributed by atoms with Crippen molar-refractivity contribution in [3.63, 3.8) is 0 Å². The first kappa shape index (κ1) is 17.3. The van der Waals surface area contributed by atoms with Crippen molar-refractivity contribution in [3.05, 3.63) is 65.0 Å². The van der Waals surface area contributed by atoms with Crippen molar-refractivity contribution in [3.8, 4) is 5.75 Å². The van der Waals surface area contributed by atoms with E-state index in [9.17, 15) is 9.18 Å². The van der Waals surface area contributed by atoms with Gasteiger partial charge in [0.1, 0.15) is 18.2 Å². The number of hydrogen-bond acceptors (Lipinski definition) is 2. The van der Waals surface area contributed by atoms with Gasteiger partial charge in [-0.3, -0.25) is 0 Å². The highest BCUT2D eigenvalue weighted by atomic mass is 19.1. The first-order valence-electron chi connectivity index (χ1n) is 8.71. The molecule has 0 atom stereocenters. The van der Waals surface area contributed by atoms with Crippen LogP contribution in [0.1, 0.15) is 29.5 Å². The van der Waals surface area contributed by atoms with Crippen LogP contribution in [0.15, 0.2) is 42.5 Å². The summed E-state index contributed by atoms with van der Waals surface area (Å²) in [5.41, 5.74) is 3.66. The Hall–Kier alpha value is -2.56. The number of aryl methyl sites for hydroxylation is 2. The standard InChI is InChI=1S/C20H23FN2O2/c21-18-8-5-15(6-9-18)14-23-20(24)22-11-12-25-19-10-7-16-3-1-2-4-17(16)13-19/h5-10,13H,1-4,11-12,14H2,(H2,22,23,24). The van der Waals surface area contributed by atoms with E-state index in [-0.39, 0.29) is 11.8 Å². The molecule has 0 heterocycles. The topological polar surface area (TPSA) is 50.4 Å². The SMILES string of the molecule is O=C(NCCOc1ccc2c(c1)CCCC2)NCc1ccc(F)cc1. The van der Waals surface area contributed by atoms with Gasteiger partial charge >= 0.3 is 6.03 Å². The van der Waals surface area contributed by atoms with Crippen molar-refractivity contribution in [2.75, 3.05) is 13.2 Å². The highest BCUT2D eigenvalue weighted by molar-refractivity contribution is 5.73. The number of amides is 2. The summed E-state index contributed by atoms with van der Waals surface area (Å²) >= 11 is 0. The van der Waals surface area contributed by atoms with Crippen LogP contribution in [-0.4, -0.2) is 19.2 Å². The molecule has 0 spiro atoms. The van der Waals surface area contributed by atoms with Gasteiger partial charge in [-0.1, -0.05) is 18.2 Å². The Kier molecular flexibility index (Phi) is 5.88. The average molecular weight is 342 g/mol. The number of benzene rings is 2. The molecule has 4 nitrogen and oxygen atoms in total. The van der Waals surface area contributed by atoms with Gasteiger partial charge in [-0.25, -0.2) is 9.18 Å². The summed E-state index contributed by atoms with van der Waals surface area (Å²) in [6, 6.07) is 12.0. The van der Waals surface area contributed by atoms with Gasteiger partial charge in [0.25, 0.3) is 0 Å². The molecule has 2 amide bonds. The van der Waals surface area contributed by atoms with E-state index in [0.29, 0.717) is 19.7 Å². The number of carbonyl (C=O) groups is 1. The lowest BCUT2D eigenvalue weighted by Crippen LogP contribution is -2.37. The summed E-state index contributed by atoms with van der Waals surface area (Å²) in [4.78, 5) is 11.7. The first-order chi connectivity index (χ1) is 12.2. The fourth-order valence-electron chi connectivity index (χ4n) is 2.98. The van der Waals surface area contributed by atoms with Crippen molar-refractivity contribution in [2.45, 2.75) is 32.2 Å². The van der Waals surface area contributed by atoms with E-state index < -0.39 is 0 Å². The monoisotopic (exact) mass is 342 g/mol. The fourth-order valence-corrected chi connectivity index (χ4v) is 2.98. The highest BCUT2D eigenvalue weighted by Gasteiger charge is 2.09. The number of ether oxygens (including phenoxy) is 1. The number of rotatable bonds is 6. The second kappa shape index (κ2) is 8.51. The van der Waals surface area contributed by atoms with Crippen molar-refractivity contribution in [1.29, 1.82) is 0 Å². The van der Waals surface area contributed by atoms with Crippen LogP contribution in [0.25, 0.3) is 0 Å². The third kappa shape index (κ3) is 5.21. The van der Waals surface area contributed by atoms with E-state index in [0.717, 1.165) is 24.2 Å². The van der Waals surface area contributed by atoms with Crippen molar-refractivity contribution < 1.29 is 13.9 Å². The zero-order valence-electron chi connectivity index (χ0n) is 14.2. The van der Waals surface area contributed by atoms with Crippen LogP contribution in [0, 0.1) is 5.82 Å². The second-order valence-electron chi connectivity index (χ2n) is 6.22. The molecule has 25 heavy (non-hydrogen) atoms. The summed E-state index contributed by atoms with van der Waals surface area (Å²) in [5.74, 6) is 0.571. The number of urea groups is 1. The fraction of sp³-hybridized carbons (Fsp3) is 0.350. The third-order valence-electron chi connectivity index (χ3n) is 4.34. The molecule has 1 aliphatic carbocycles. The minimum atomic E-state index is -0.285. The Morgan fingerprint density at radius 1 is 1.00 bits per heavy atom. The van der Waals surface area contributed by atoms with Gasteiger partial charge in [0.15, 0.2) is 0 Å². The first-order valence-corrected chi connectivity index (χ1v) is 8.71. The summed E-state index contributed by atoms with van der Waals surface area (Å²) in [7, 11) is 0. The van der Waals surface area contributed by atoms with Crippen LogP contribution in [0.4, 0.5) is 9.18 Å². The molecule has 2 aromatic rings. The molecule has 0 saturated heterocycles. The lowest BCUT2D eigenvalue weighted by molar-refractivity contribution is 0.236. The number of halogens is 1. The van der Waals surface area contributed by atoms with Crippen molar-refractivity contribution >= 4 is 6.03 Å². The Morgan fingerprint density at radius 2 is 1.76 bits per heavy atom. The molecule has 2 N–H and O–H groups in total. The lowest BCUT2D eigenvalue weighted by Gasteiger charge is -2.17. The molecular formula is C20H23FN2O2. The molecule has 0 aliphatic heterocycles. The van der Waals surface area contributed by atoms with E-state index in [2.05, 4.69) is 22.8 Å². The molecule has 0 fully saturated rings. The Bertz CT molecular complexity index is 716. The lowest BCUT2D eigenvalue weighted by atomic mass is 9.92. The number of nitrogens with one attached hydrogen (secondary N) is 2. The molecule has 2 aromatic carbocycles. The Balaban J connectivity index is 1.35. The van der Waals surface area contributed by atoms with Gasteiger partial charge in [0.05, 0.1) is 6.54 Å². The molecule has 0 saturated carbocycles. The third-order valence-corrected chi connectivity index (χ3v) is 4.34. The normalized spacial score (nSPS) is 13.0. The zero-order chi connectivity index (χ0) is 17.5. The van der Waals surface area contributed by atoms with Gasteiger partial charge in [0.2, 0.25) is 0 Å². The molecule has 132 valence electrons. The molecular weight excluding hydrogens is 319 g/mol. The van der Waals surface area contributed by atoms with Crippen LogP contribution < -0.4 is 15.4 Å². The van der Waals surface area contributed by atoms with Gasteiger partial charge in [-0.05, 0) is 66.6 Å². The highest BCUT2D eigenvalue weighted by Crippen LogP contribution is 2.25. The largest absolute Gasteiger partial charge is 0.492 e. The van der Waals surface area contributed by atoms with E-state index in [1.54, 1.807) is 12.1 Å². The maximum Gasteiger partial charge on any atom is 0.315 e. The van der Waals surface area contributed by atoms with Crippen molar-refractivity contribution in [2.24, 2.45) is 0 Å². The van der Waals surface area contributed by atoms with Crippen LogP contribution in [0.3, 0.4) is 0 Å². The minimum absolute atomic E-state index is 0.265. The molecule has 3 rings (SSSR count). The molecule has 0 radical (unpaired) electrons. The zero-order valence-corrected chi connectivity index (χ0v) is 14.2. The van der Waals surface area contributed by atoms with E-state index in [4.69, 9.17) is 4.74 Å². The molecule has 0 bridgehead atoms. The average Bonchev–Trinajstić information content (AvgIpc) is 2.64. The van der Waals surface area contributed by atoms with Gasteiger partial charge < -0.3 is 15.4 Å². The molecule has 1 aliphatic rings. The maximum absolute atomic E-state index is 12.8. The molecule has 0 aromatic heterocycles. The number of carbonyl (C=O) groups excluding carboxylic acids is 1. The van der Waals surface area contributed by atoms with Crippen LogP contribution in [0.2, 0.25) is 0 Å². The smallest absolute Gasteiger partial charge is 0.315 e. The van der Waals surface area contributed by atoms with E-state index in [1.807, 2.05) is 6.07 Å². The summed E-state index contributed by atoms with van der Waals surface area (Å²) < 4.78 is 18.5. The van der Waals surface area contributed by atoms with E-state index >= 15 is 0 Å². The number of fused-ring (bicyclic) bond motifs is 1.